The molecule has 4 heteroatoms. The summed E-state index contributed by atoms with van der Waals surface area (Å²) in [7, 11) is 3.25. The van der Waals surface area contributed by atoms with Crippen molar-refractivity contribution in [3.05, 3.63) is 23.8 Å². The molecule has 2 rings (SSSR count). The van der Waals surface area contributed by atoms with Gasteiger partial charge in [0.05, 0.1) is 19.8 Å². The number of hydrogen-bond acceptors (Lipinski definition) is 3. The van der Waals surface area contributed by atoms with Crippen LogP contribution in [-0.4, -0.2) is 20.1 Å². The molecule has 1 amide bonds. The van der Waals surface area contributed by atoms with Crippen LogP contribution < -0.4 is 14.8 Å². The van der Waals surface area contributed by atoms with E-state index in [2.05, 4.69) is 12.2 Å². The molecule has 1 aliphatic carbocycles. The molecule has 0 heterocycles. The van der Waals surface area contributed by atoms with Crippen LogP contribution in [0.1, 0.15) is 44.6 Å². The first-order valence-electron chi connectivity index (χ1n) is 7.18. The molecule has 1 N–H and O–H groups in total. The highest BCUT2D eigenvalue weighted by Crippen LogP contribution is 2.47. The molecule has 0 aromatic heterocycles. The van der Waals surface area contributed by atoms with Gasteiger partial charge in [-0.2, -0.15) is 0 Å². The smallest absolute Gasteiger partial charge is 0.220 e. The van der Waals surface area contributed by atoms with E-state index in [4.69, 9.17) is 9.47 Å². The molecule has 0 atom stereocenters. The SMILES string of the molecule is CCCCC(=O)NC1(c2ccc(OC)c(OC)c2)CC1. The second kappa shape index (κ2) is 6.16. The third kappa shape index (κ3) is 3.06. The highest BCUT2D eigenvalue weighted by atomic mass is 16.5. The Morgan fingerprint density at radius 3 is 2.50 bits per heavy atom. The summed E-state index contributed by atoms with van der Waals surface area (Å²) in [6.45, 7) is 2.09. The Balaban J connectivity index is 2.12. The maximum Gasteiger partial charge on any atom is 0.220 e. The first kappa shape index (κ1) is 14.7. The number of methoxy groups -OCH3 is 2. The van der Waals surface area contributed by atoms with Crippen LogP contribution in [0.5, 0.6) is 11.5 Å². The van der Waals surface area contributed by atoms with Gasteiger partial charge in [0.15, 0.2) is 11.5 Å². The van der Waals surface area contributed by atoms with E-state index >= 15 is 0 Å². The molecule has 0 aliphatic heterocycles. The molecule has 1 fully saturated rings. The zero-order valence-corrected chi connectivity index (χ0v) is 12.5. The summed E-state index contributed by atoms with van der Waals surface area (Å²) in [6.07, 6.45) is 4.55. The molecule has 0 bridgehead atoms. The molecule has 1 aromatic rings. The number of benzene rings is 1. The number of rotatable bonds is 7. The van der Waals surface area contributed by atoms with E-state index in [1.54, 1.807) is 14.2 Å². The van der Waals surface area contributed by atoms with Gasteiger partial charge in [0, 0.05) is 6.42 Å². The molecular weight excluding hydrogens is 254 g/mol. The zero-order valence-electron chi connectivity index (χ0n) is 12.5. The fourth-order valence-electron chi connectivity index (χ4n) is 2.41. The lowest BCUT2D eigenvalue weighted by atomic mass is 10.0. The number of amides is 1. The Hall–Kier alpha value is -1.71. The van der Waals surface area contributed by atoms with Crippen molar-refractivity contribution < 1.29 is 14.3 Å². The lowest BCUT2D eigenvalue weighted by Crippen LogP contribution is -2.34. The largest absolute Gasteiger partial charge is 0.493 e. The van der Waals surface area contributed by atoms with E-state index in [0.717, 1.165) is 31.2 Å². The van der Waals surface area contributed by atoms with Crippen LogP contribution >= 0.6 is 0 Å². The van der Waals surface area contributed by atoms with Gasteiger partial charge < -0.3 is 14.8 Å². The molecule has 0 radical (unpaired) electrons. The van der Waals surface area contributed by atoms with Crippen LogP contribution in [-0.2, 0) is 10.3 Å². The number of hydrogen-bond donors (Lipinski definition) is 1. The van der Waals surface area contributed by atoms with Crippen molar-refractivity contribution in [3.8, 4) is 11.5 Å². The van der Waals surface area contributed by atoms with E-state index < -0.39 is 0 Å². The van der Waals surface area contributed by atoms with Crippen molar-refractivity contribution in [3.63, 3.8) is 0 Å². The van der Waals surface area contributed by atoms with Crippen LogP contribution in [0, 0.1) is 0 Å². The van der Waals surface area contributed by atoms with Crippen LogP contribution in [0.15, 0.2) is 18.2 Å². The van der Waals surface area contributed by atoms with Crippen molar-refractivity contribution in [2.45, 2.75) is 44.6 Å². The van der Waals surface area contributed by atoms with E-state index in [-0.39, 0.29) is 11.4 Å². The fraction of sp³-hybridized carbons (Fsp3) is 0.562. The number of nitrogens with one attached hydrogen (secondary N) is 1. The van der Waals surface area contributed by atoms with E-state index in [1.807, 2.05) is 18.2 Å². The highest BCUT2D eigenvalue weighted by molar-refractivity contribution is 5.77. The summed E-state index contributed by atoms with van der Waals surface area (Å²) in [5.74, 6) is 1.56. The third-order valence-corrected chi connectivity index (χ3v) is 3.82. The topological polar surface area (TPSA) is 47.6 Å². The number of carbonyl (C=O) groups is 1. The van der Waals surface area contributed by atoms with Crippen LogP contribution in [0.3, 0.4) is 0 Å². The second-order valence-corrected chi connectivity index (χ2v) is 5.30. The van der Waals surface area contributed by atoms with Gasteiger partial charge >= 0.3 is 0 Å². The quantitative estimate of drug-likeness (QED) is 0.833. The minimum Gasteiger partial charge on any atom is -0.493 e. The molecule has 0 unspecified atom stereocenters. The van der Waals surface area contributed by atoms with Gasteiger partial charge in [-0.3, -0.25) is 4.79 Å². The number of carbonyl (C=O) groups excluding carboxylic acids is 1. The molecule has 110 valence electrons. The molecule has 1 aromatic carbocycles. The second-order valence-electron chi connectivity index (χ2n) is 5.30. The zero-order chi connectivity index (χ0) is 14.6. The summed E-state index contributed by atoms with van der Waals surface area (Å²) in [5, 5.41) is 3.17. The maximum absolute atomic E-state index is 11.9. The number of ether oxygens (including phenoxy) is 2. The maximum atomic E-state index is 11.9. The van der Waals surface area contributed by atoms with E-state index in [0.29, 0.717) is 17.9 Å². The van der Waals surface area contributed by atoms with Crippen molar-refractivity contribution in [2.24, 2.45) is 0 Å². The molecule has 0 saturated heterocycles. The number of unbranched alkanes of at least 4 members (excludes halogenated alkanes) is 1. The van der Waals surface area contributed by atoms with Gasteiger partial charge in [0.2, 0.25) is 5.91 Å². The van der Waals surface area contributed by atoms with Gasteiger partial charge in [-0.05, 0) is 37.0 Å². The predicted octanol–water partition coefficient (Wildman–Crippen LogP) is 3.00. The summed E-state index contributed by atoms with van der Waals surface area (Å²) < 4.78 is 10.6. The van der Waals surface area contributed by atoms with Crippen molar-refractivity contribution in [1.82, 2.24) is 5.32 Å². The Morgan fingerprint density at radius 2 is 1.95 bits per heavy atom. The van der Waals surface area contributed by atoms with Crippen molar-refractivity contribution in [2.75, 3.05) is 14.2 Å². The average Bonchev–Trinajstić information content (AvgIpc) is 3.25. The fourth-order valence-corrected chi connectivity index (χ4v) is 2.41. The standard InChI is InChI=1S/C16H23NO3/c1-4-5-6-15(18)17-16(9-10-16)12-7-8-13(19-2)14(11-12)20-3/h7-8,11H,4-6,9-10H2,1-3H3,(H,17,18). The van der Waals surface area contributed by atoms with Crippen LogP contribution in [0.4, 0.5) is 0 Å². The summed E-state index contributed by atoms with van der Waals surface area (Å²) in [5.41, 5.74) is 0.907. The predicted molar refractivity (Wildman–Crippen MR) is 78.1 cm³/mol. The Bertz CT molecular complexity index is 481. The van der Waals surface area contributed by atoms with Gasteiger partial charge in [-0.15, -0.1) is 0 Å². The minimum atomic E-state index is -0.190. The van der Waals surface area contributed by atoms with Crippen molar-refractivity contribution in [1.29, 1.82) is 0 Å². The van der Waals surface area contributed by atoms with Gasteiger partial charge in [-0.25, -0.2) is 0 Å². The van der Waals surface area contributed by atoms with E-state index in [1.165, 1.54) is 0 Å². The van der Waals surface area contributed by atoms with Crippen molar-refractivity contribution >= 4 is 5.91 Å². The van der Waals surface area contributed by atoms with Gasteiger partial charge in [0.25, 0.3) is 0 Å². The molecule has 4 nitrogen and oxygen atoms in total. The molecule has 1 aliphatic rings. The normalized spacial score (nSPS) is 15.6. The highest BCUT2D eigenvalue weighted by Gasteiger charge is 2.45. The third-order valence-electron chi connectivity index (χ3n) is 3.82. The summed E-state index contributed by atoms with van der Waals surface area (Å²) >= 11 is 0. The van der Waals surface area contributed by atoms with Crippen LogP contribution in [0.25, 0.3) is 0 Å². The Morgan fingerprint density at radius 1 is 1.25 bits per heavy atom. The Labute approximate surface area is 120 Å². The molecule has 1 saturated carbocycles. The van der Waals surface area contributed by atoms with E-state index in [9.17, 15) is 4.79 Å². The average molecular weight is 277 g/mol. The molecular formula is C16H23NO3. The first-order valence-corrected chi connectivity index (χ1v) is 7.18. The van der Waals surface area contributed by atoms with Crippen LogP contribution in [0.2, 0.25) is 0 Å². The Kier molecular flexibility index (Phi) is 4.53. The van der Waals surface area contributed by atoms with Gasteiger partial charge in [0.1, 0.15) is 0 Å². The molecule has 20 heavy (non-hydrogen) atoms. The molecule has 0 spiro atoms. The summed E-state index contributed by atoms with van der Waals surface area (Å²) in [6, 6.07) is 5.87. The lowest BCUT2D eigenvalue weighted by molar-refractivity contribution is -0.122. The van der Waals surface area contributed by atoms with Gasteiger partial charge in [-0.1, -0.05) is 19.4 Å². The monoisotopic (exact) mass is 277 g/mol. The minimum absolute atomic E-state index is 0.138. The summed E-state index contributed by atoms with van der Waals surface area (Å²) in [4.78, 5) is 11.9. The first-order chi connectivity index (χ1) is 9.65. The lowest BCUT2D eigenvalue weighted by Gasteiger charge is -2.19.